The lowest BCUT2D eigenvalue weighted by molar-refractivity contribution is -0.138. The van der Waals surface area contributed by atoms with E-state index in [1.165, 1.54) is 6.92 Å². The minimum absolute atomic E-state index is 0.0861. The van der Waals surface area contributed by atoms with Gasteiger partial charge in [-0.05, 0) is 6.92 Å². The van der Waals surface area contributed by atoms with Crippen LogP contribution in [-0.2, 0) is 14.1 Å². The molecule has 0 rings (SSSR count). The van der Waals surface area contributed by atoms with Gasteiger partial charge in [0.2, 0.25) is 0 Å². The molecule has 0 heterocycles. The van der Waals surface area contributed by atoms with Crippen LogP contribution in [0, 0.1) is 0 Å². The normalized spacial score (nSPS) is 14.8. The first kappa shape index (κ1) is 9.45. The van der Waals surface area contributed by atoms with E-state index >= 15 is 0 Å². The third kappa shape index (κ3) is 6.09. The highest BCUT2D eigenvalue weighted by molar-refractivity contribution is 7.51. The SMILES string of the molecule is [2H]C(CP(=O)(O)O)OC(=O)C(=C)C. The third-order valence-electron chi connectivity index (χ3n) is 0.851. The Hall–Kier alpha value is -0.640. The van der Waals surface area contributed by atoms with Gasteiger partial charge in [-0.2, -0.15) is 0 Å². The van der Waals surface area contributed by atoms with Crippen molar-refractivity contribution in [3.05, 3.63) is 12.2 Å². The van der Waals surface area contributed by atoms with Crippen LogP contribution in [0.25, 0.3) is 0 Å². The van der Waals surface area contributed by atoms with Crippen molar-refractivity contribution in [2.75, 3.05) is 12.7 Å². The second-order valence-electron chi connectivity index (χ2n) is 2.20. The van der Waals surface area contributed by atoms with Crippen LogP contribution >= 0.6 is 7.60 Å². The molecule has 0 saturated carbocycles. The zero-order chi connectivity index (χ0) is 10.6. The van der Waals surface area contributed by atoms with Crippen LogP contribution in [0.3, 0.4) is 0 Å². The summed E-state index contributed by atoms with van der Waals surface area (Å²) < 4.78 is 21.7. The third-order valence-corrected chi connectivity index (χ3v) is 1.48. The molecule has 2 N–H and O–H groups in total. The van der Waals surface area contributed by atoms with Crippen LogP contribution in [0.15, 0.2) is 12.2 Å². The Kier molecular flexibility index (Phi) is 3.47. The number of esters is 1. The fraction of sp³-hybridized carbons (Fsp3) is 0.500. The number of hydrogen-bond donors (Lipinski definition) is 2. The van der Waals surface area contributed by atoms with E-state index in [4.69, 9.17) is 11.2 Å². The first-order chi connectivity index (χ1) is 5.72. The number of carbonyl (C=O) groups is 1. The van der Waals surface area contributed by atoms with E-state index in [1.54, 1.807) is 0 Å². The topological polar surface area (TPSA) is 83.8 Å². The molecule has 0 aliphatic carbocycles. The van der Waals surface area contributed by atoms with Crippen molar-refractivity contribution < 1.29 is 25.3 Å². The summed E-state index contributed by atoms with van der Waals surface area (Å²) in [6.07, 6.45) is -0.800. The molecule has 0 fully saturated rings. The van der Waals surface area contributed by atoms with E-state index in [-0.39, 0.29) is 5.57 Å². The predicted molar refractivity (Wildman–Crippen MR) is 42.7 cm³/mol. The fourth-order valence-electron chi connectivity index (χ4n) is 0.311. The van der Waals surface area contributed by atoms with Gasteiger partial charge in [-0.15, -0.1) is 0 Å². The molecular formula is C6H11O5P. The lowest BCUT2D eigenvalue weighted by atomic mass is 10.4. The van der Waals surface area contributed by atoms with Crippen molar-refractivity contribution in [2.45, 2.75) is 6.92 Å². The molecule has 0 radical (unpaired) electrons. The van der Waals surface area contributed by atoms with E-state index in [1.807, 2.05) is 0 Å². The zero-order valence-electron chi connectivity index (χ0n) is 7.56. The molecule has 0 aliphatic rings. The van der Waals surface area contributed by atoms with Crippen LogP contribution in [-0.4, -0.2) is 28.5 Å². The molecule has 5 nitrogen and oxygen atoms in total. The minimum atomic E-state index is -4.30. The van der Waals surface area contributed by atoms with Crippen molar-refractivity contribution in [3.8, 4) is 0 Å². The van der Waals surface area contributed by atoms with Crippen molar-refractivity contribution in [1.29, 1.82) is 0 Å². The summed E-state index contributed by atoms with van der Waals surface area (Å²) in [5, 5.41) is 0. The van der Waals surface area contributed by atoms with Gasteiger partial charge in [0.15, 0.2) is 0 Å². The van der Waals surface area contributed by atoms with Gasteiger partial charge < -0.3 is 14.5 Å². The quantitative estimate of drug-likeness (QED) is 0.382. The van der Waals surface area contributed by atoms with Gasteiger partial charge in [0, 0.05) is 5.57 Å². The van der Waals surface area contributed by atoms with E-state index < -0.39 is 26.3 Å². The van der Waals surface area contributed by atoms with Gasteiger partial charge in [0.05, 0.1) is 7.53 Å². The van der Waals surface area contributed by atoms with Gasteiger partial charge in [-0.1, -0.05) is 6.58 Å². The van der Waals surface area contributed by atoms with Crippen molar-refractivity contribution in [1.82, 2.24) is 0 Å². The maximum atomic E-state index is 10.7. The highest BCUT2D eigenvalue weighted by Crippen LogP contribution is 2.33. The largest absolute Gasteiger partial charge is 0.462 e. The zero-order valence-corrected chi connectivity index (χ0v) is 7.45. The molecule has 70 valence electrons. The summed E-state index contributed by atoms with van der Waals surface area (Å²) >= 11 is 0. The Labute approximate surface area is 71.6 Å². The highest BCUT2D eigenvalue weighted by Gasteiger charge is 2.13. The lowest BCUT2D eigenvalue weighted by Crippen LogP contribution is -2.09. The maximum Gasteiger partial charge on any atom is 0.333 e. The molecule has 12 heavy (non-hydrogen) atoms. The smallest absolute Gasteiger partial charge is 0.333 e. The molecule has 0 bridgehead atoms. The van der Waals surface area contributed by atoms with Crippen LogP contribution in [0.5, 0.6) is 0 Å². The number of carbonyl (C=O) groups excluding carboxylic acids is 1. The average molecular weight is 195 g/mol. The average Bonchev–Trinajstić information content (AvgIpc) is 1.81. The van der Waals surface area contributed by atoms with Gasteiger partial charge >= 0.3 is 13.6 Å². The molecule has 0 spiro atoms. The standard InChI is InChI=1S/C6H11O5P/c1-5(2)6(7)11-3-4-12(8,9)10/h1,3-4H2,2H3,(H2,8,9,10)/i3D. The Morgan fingerprint density at radius 3 is 2.58 bits per heavy atom. The number of hydrogen-bond acceptors (Lipinski definition) is 3. The second kappa shape index (κ2) is 4.40. The molecule has 0 saturated heterocycles. The highest BCUT2D eigenvalue weighted by atomic mass is 31.2. The first-order valence-corrected chi connectivity index (χ1v) is 4.85. The van der Waals surface area contributed by atoms with Crippen LogP contribution in [0.2, 0.25) is 0 Å². The van der Waals surface area contributed by atoms with Crippen LogP contribution < -0.4 is 0 Å². The van der Waals surface area contributed by atoms with Gasteiger partial charge in [-0.25, -0.2) is 4.79 Å². The Bertz CT molecular complexity index is 258. The summed E-state index contributed by atoms with van der Waals surface area (Å²) in [5.41, 5.74) is 0.0861. The molecule has 0 aromatic heterocycles. The fourth-order valence-corrected chi connectivity index (χ4v) is 0.579. The van der Waals surface area contributed by atoms with E-state index in [2.05, 4.69) is 11.3 Å². The molecule has 1 unspecified atom stereocenters. The van der Waals surface area contributed by atoms with Crippen LogP contribution in [0.4, 0.5) is 0 Å². The Morgan fingerprint density at radius 2 is 2.25 bits per heavy atom. The first-order valence-electron chi connectivity index (χ1n) is 3.63. The Morgan fingerprint density at radius 1 is 1.75 bits per heavy atom. The van der Waals surface area contributed by atoms with Crippen molar-refractivity contribution in [2.24, 2.45) is 0 Å². The molecule has 1 atom stereocenters. The van der Waals surface area contributed by atoms with Gasteiger partial charge in [0.25, 0.3) is 0 Å². The number of ether oxygens (including phenoxy) is 1. The molecule has 0 aliphatic heterocycles. The molecular weight excluding hydrogens is 183 g/mol. The molecule has 0 aromatic carbocycles. The van der Waals surface area contributed by atoms with E-state index in [9.17, 15) is 9.36 Å². The van der Waals surface area contributed by atoms with E-state index in [0.29, 0.717) is 0 Å². The van der Waals surface area contributed by atoms with Crippen molar-refractivity contribution in [3.63, 3.8) is 0 Å². The van der Waals surface area contributed by atoms with Crippen molar-refractivity contribution >= 4 is 13.6 Å². The summed E-state index contributed by atoms with van der Waals surface area (Å²) in [6.45, 7) is 3.08. The summed E-state index contributed by atoms with van der Waals surface area (Å²) in [7, 11) is -4.30. The summed E-state index contributed by atoms with van der Waals surface area (Å²) in [6, 6.07) is 0. The van der Waals surface area contributed by atoms with E-state index in [0.717, 1.165) is 0 Å². The monoisotopic (exact) mass is 195 g/mol. The second-order valence-corrected chi connectivity index (χ2v) is 3.89. The lowest BCUT2D eigenvalue weighted by Gasteiger charge is -2.04. The molecule has 6 heteroatoms. The maximum absolute atomic E-state index is 10.7. The predicted octanol–water partition coefficient (Wildman–Crippen LogP) is 0.283. The Balaban J connectivity index is 4.03. The molecule has 0 amide bonds. The number of rotatable bonds is 4. The molecule has 0 aromatic rings. The summed E-state index contributed by atoms with van der Waals surface area (Å²) in [5.74, 6) is -0.826. The summed E-state index contributed by atoms with van der Waals surface area (Å²) in [4.78, 5) is 27.6. The van der Waals surface area contributed by atoms with Gasteiger partial charge in [0.1, 0.15) is 6.58 Å². The minimum Gasteiger partial charge on any atom is -0.462 e. The van der Waals surface area contributed by atoms with Crippen LogP contribution in [0.1, 0.15) is 8.29 Å². The van der Waals surface area contributed by atoms with Gasteiger partial charge in [-0.3, -0.25) is 4.57 Å².